The minimum Gasteiger partial charge on any atom is -0.367 e. The molecule has 1 unspecified atom stereocenters. The molecule has 2 aromatic rings. The van der Waals surface area contributed by atoms with Gasteiger partial charge in [-0.05, 0) is 73.9 Å². The molecule has 1 aliphatic heterocycles. The van der Waals surface area contributed by atoms with Crippen LogP contribution >= 0.6 is 0 Å². The van der Waals surface area contributed by atoms with Gasteiger partial charge in [0.1, 0.15) is 0 Å². The third-order valence-electron chi connectivity index (χ3n) is 5.60. The summed E-state index contributed by atoms with van der Waals surface area (Å²) in [5.41, 5.74) is 3.68. The first kappa shape index (κ1) is 17.6. The van der Waals surface area contributed by atoms with E-state index in [4.69, 9.17) is 0 Å². The third-order valence-corrected chi connectivity index (χ3v) is 7.03. The first-order valence-electron chi connectivity index (χ1n) is 9.57. The van der Waals surface area contributed by atoms with Crippen LogP contribution in [0.5, 0.6) is 0 Å². The van der Waals surface area contributed by atoms with E-state index in [2.05, 4.69) is 21.8 Å². The number of hydrogen-bond acceptors (Lipinski definition) is 3. The fourth-order valence-electron chi connectivity index (χ4n) is 4.17. The van der Waals surface area contributed by atoms with Crippen LogP contribution in [-0.4, -0.2) is 27.5 Å². The lowest BCUT2D eigenvalue weighted by molar-refractivity contribution is 0.566. The molecule has 0 aromatic heterocycles. The highest BCUT2D eigenvalue weighted by Crippen LogP contribution is 2.26. The Morgan fingerprint density at radius 3 is 2.54 bits per heavy atom. The standard InChI is InChI=1S/C21H26N2O2S/c24-26(25,21-13-12-17-7-4-5-8-18(17)15-21)22-16-20-11-6-14-23(20)19-9-2-1-3-10-19/h1-3,9-10,12-13,15,20,22H,4-8,11,14,16H2. The molecule has 0 radical (unpaired) electrons. The van der Waals surface area contributed by atoms with Crippen molar-refractivity contribution in [1.29, 1.82) is 0 Å². The highest BCUT2D eigenvalue weighted by molar-refractivity contribution is 7.89. The van der Waals surface area contributed by atoms with Gasteiger partial charge < -0.3 is 4.90 Å². The van der Waals surface area contributed by atoms with Crippen molar-refractivity contribution >= 4 is 15.7 Å². The predicted molar refractivity (Wildman–Crippen MR) is 105 cm³/mol. The van der Waals surface area contributed by atoms with Crippen molar-refractivity contribution in [3.63, 3.8) is 0 Å². The molecular weight excluding hydrogens is 344 g/mol. The molecule has 1 aliphatic carbocycles. The summed E-state index contributed by atoms with van der Waals surface area (Å²) in [6.45, 7) is 1.43. The summed E-state index contributed by atoms with van der Waals surface area (Å²) in [5, 5.41) is 0. The Bertz CT molecular complexity index is 865. The zero-order valence-corrected chi connectivity index (χ0v) is 15.8. The average molecular weight is 371 g/mol. The zero-order valence-electron chi connectivity index (χ0n) is 15.0. The summed E-state index contributed by atoms with van der Waals surface area (Å²) in [7, 11) is -3.46. The molecule has 0 bridgehead atoms. The molecule has 0 spiro atoms. The van der Waals surface area contributed by atoms with Crippen LogP contribution in [0.2, 0.25) is 0 Å². The maximum absolute atomic E-state index is 12.8. The highest BCUT2D eigenvalue weighted by Gasteiger charge is 2.27. The van der Waals surface area contributed by atoms with E-state index in [9.17, 15) is 8.42 Å². The number of fused-ring (bicyclic) bond motifs is 1. The first-order valence-corrected chi connectivity index (χ1v) is 11.0. The van der Waals surface area contributed by atoms with Gasteiger partial charge >= 0.3 is 0 Å². The Morgan fingerprint density at radius 2 is 1.73 bits per heavy atom. The average Bonchev–Trinajstić information content (AvgIpc) is 3.15. The van der Waals surface area contributed by atoms with E-state index < -0.39 is 10.0 Å². The van der Waals surface area contributed by atoms with Crippen LogP contribution in [0.15, 0.2) is 53.4 Å². The largest absolute Gasteiger partial charge is 0.367 e. The monoisotopic (exact) mass is 370 g/mol. The van der Waals surface area contributed by atoms with Gasteiger partial charge in [-0.25, -0.2) is 13.1 Å². The molecule has 138 valence electrons. The molecule has 1 N–H and O–H groups in total. The van der Waals surface area contributed by atoms with Crippen molar-refractivity contribution in [2.75, 3.05) is 18.0 Å². The maximum atomic E-state index is 12.8. The van der Waals surface area contributed by atoms with Crippen LogP contribution in [0, 0.1) is 0 Å². The summed E-state index contributed by atoms with van der Waals surface area (Å²) in [6, 6.07) is 16.1. The Labute approximate surface area is 156 Å². The van der Waals surface area contributed by atoms with Crippen molar-refractivity contribution in [1.82, 2.24) is 4.72 Å². The summed E-state index contributed by atoms with van der Waals surface area (Å²) in [5.74, 6) is 0. The van der Waals surface area contributed by atoms with Gasteiger partial charge in [-0.1, -0.05) is 24.3 Å². The summed E-state index contributed by atoms with van der Waals surface area (Å²) in [6.07, 6.45) is 6.52. The predicted octanol–water partition coefficient (Wildman–Crippen LogP) is 3.51. The molecule has 1 fully saturated rings. The van der Waals surface area contributed by atoms with Crippen LogP contribution in [0.1, 0.15) is 36.8 Å². The SMILES string of the molecule is O=S(=O)(NCC1CCCN1c1ccccc1)c1ccc2c(c1)CCCC2. The second kappa shape index (κ2) is 7.41. The first-order chi connectivity index (χ1) is 12.6. The van der Waals surface area contributed by atoms with E-state index in [-0.39, 0.29) is 6.04 Å². The van der Waals surface area contributed by atoms with Crippen molar-refractivity contribution in [3.05, 3.63) is 59.7 Å². The quantitative estimate of drug-likeness (QED) is 0.876. The molecule has 2 aliphatic rings. The number of nitrogens with zero attached hydrogens (tertiary/aromatic N) is 1. The van der Waals surface area contributed by atoms with E-state index in [0.29, 0.717) is 11.4 Å². The molecule has 1 atom stereocenters. The van der Waals surface area contributed by atoms with E-state index in [1.165, 1.54) is 23.2 Å². The summed E-state index contributed by atoms with van der Waals surface area (Å²) in [4.78, 5) is 2.72. The van der Waals surface area contributed by atoms with Crippen LogP contribution in [-0.2, 0) is 22.9 Å². The van der Waals surface area contributed by atoms with Crippen molar-refractivity contribution in [2.24, 2.45) is 0 Å². The topological polar surface area (TPSA) is 49.4 Å². The second-order valence-electron chi connectivity index (χ2n) is 7.31. The third kappa shape index (κ3) is 3.64. The second-order valence-corrected chi connectivity index (χ2v) is 9.08. The molecule has 5 heteroatoms. The number of para-hydroxylation sites is 1. The van der Waals surface area contributed by atoms with Gasteiger partial charge in [-0.15, -0.1) is 0 Å². The Morgan fingerprint density at radius 1 is 0.962 bits per heavy atom. The highest BCUT2D eigenvalue weighted by atomic mass is 32.2. The van der Waals surface area contributed by atoms with Gasteiger partial charge in [0.05, 0.1) is 4.90 Å². The lowest BCUT2D eigenvalue weighted by Crippen LogP contribution is -2.40. The normalized spacial score (nSPS) is 20.2. The lowest BCUT2D eigenvalue weighted by atomic mass is 9.92. The minimum absolute atomic E-state index is 0.213. The number of hydrogen-bond donors (Lipinski definition) is 1. The molecule has 1 heterocycles. The van der Waals surface area contributed by atoms with Gasteiger partial charge in [0.15, 0.2) is 0 Å². The molecule has 4 nitrogen and oxygen atoms in total. The summed E-state index contributed by atoms with van der Waals surface area (Å²) < 4.78 is 28.4. The number of sulfonamides is 1. The van der Waals surface area contributed by atoms with Crippen molar-refractivity contribution in [3.8, 4) is 0 Å². The molecule has 4 rings (SSSR count). The van der Waals surface area contributed by atoms with Gasteiger partial charge in [0, 0.05) is 24.8 Å². The Kier molecular flexibility index (Phi) is 5.00. The van der Waals surface area contributed by atoms with Gasteiger partial charge in [0.2, 0.25) is 10.0 Å². The summed E-state index contributed by atoms with van der Waals surface area (Å²) >= 11 is 0. The Balaban J connectivity index is 1.46. The van der Waals surface area contributed by atoms with Gasteiger partial charge in [-0.3, -0.25) is 0 Å². The van der Waals surface area contributed by atoms with Gasteiger partial charge in [-0.2, -0.15) is 0 Å². The smallest absolute Gasteiger partial charge is 0.240 e. The van der Waals surface area contributed by atoms with E-state index in [1.54, 1.807) is 6.07 Å². The number of nitrogens with one attached hydrogen (secondary N) is 1. The minimum atomic E-state index is -3.46. The van der Waals surface area contributed by atoms with Crippen molar-refractivity contribution in [2.45, 2.75) is 49.5 Å². The lowest BCUT2D eigenvalue weighted by Gasteiger charge is -2.27. The number of benzene rings is 2. The van der Waals surface area contributed by atoms with E-state index in [0.717, 1.165) is 38.6 Å². The van der Waals surface area contributed by atoms with Crippen molar-refractivity contribution < 1.29 is 8.42 Å². The fourth-order valence-corrected chi connectivity index (χ4v) is 5.30. The van der Waals surface area contributed by atoms with Crippen LogP contribution in [0.4, 0.5) is 5.69 Å². The van der Waals surface area contributed by atoms with Crippen LogP contribution < -0.4 is 9.62 Å². The van der Waals surface area contributed by atoms with E-state index >= 15 is 0 Å². The van der Waals surface area contributed by atoms with Crippen LogP contribution in [0.3, 0.4) is 0 Å². The fraction of sp³-hybridized carbons (Fsp3) is 0.429. The molecule has 0 amide bonds. The molecular formula is C21H26N2O2S. The number of rotatable bonds is 5. The molecule has 26 heavy (non-hydrogen) atoms. The number of aryl methyl sites for hydroxylation is 2. The number of anilines is 1. The van der Waals surface area contributed by atoms with E-state index in [1.807, 2.05) is 30.3 Å². The van der Waals surface area contributed by atoms with Crippen LogP contribution in [0.25, 0.3) is 0 Å². The molecule has 2 aromatic carbocycles. The zero-order chi connectivity index (χ0) is 18.0. The maximum Gasteiger partial charge on any atom is 0.240 e. The molecule has 1 saturated heterocycles. The molecule has 0 saturated carbocycles. The Hall–Kier alpha value is -1.85. The van der Waals surface area contributed by atoms with Gasteiger partial charge in [0.25, 0.3) is 0 Å².